The van der Waals surface area contributed by atoms with E-state index in [1.807, 2.05) is 0 Å². The second-order valence-electron chi connectivity index (χ2n) is 3.83. The highest BCUT2D eigenvalue weighted by atomic mass is 32.1. The Bertz CT molecular complexity index is 201. The fourth-order valence-electron chi connectivity index (χ4n) is 1.16. The lowest BCUT2D eigenvalue weighted by Crippen LogP contribution is -2.21. The van der Waals surface area contributed by atoms with E-state index in [1.165, 1.54) is 0 Å². The highest BCUT2D eigenvalue weighted by molar-refractivity contribution is 7.84. The number of hydrogen-bond acceptors (Lipinski definition) is 1. The van der Waals surface area contributed by atoms with E-state index in [9.17, 15) is 0 Å². The van der Waals surface area contributed by atoms with Crippen LogP contribution >= 0.6 is 12.6 Å². The summed E-state index contributed by atoms with van der Waals surface area (Å²) in [5, 5.41) is 0. The molecule has 0 saturated carbocycles. The van der Waals surface area contributed by atoms with Gasteiger partial charge in [-0.1, -0.05) is 39.0 Å². The maximum absolute atomic E-state index is 4.28. The van der Waals surface area contributed by atoms with Crippen LogP contribution in [0.25, 0.3) is 0 Å². The summed E-state index contributed by atoms with van der Waals surface area (Å²) >= 11 is 4.28. The van der Waals surface area contributed by atoms with E-state index in [0.717, 1.165) is 11.3 Å². The van der Waals surface area contributed by atoms with Crippen LogP contribution in [0, 0.1) is 11.3 Å². The molecule has 0 amide bonds. The van der Waals surface area contributed by atoms with Crippen molar-refractivity contribution in [3.63, 3.8) is 0 Å². The molecule has 1 unspecified atom stereocenters. The molecule has 1 atom stereocenters. The molecule has 0 N–H and O–H groups in total. The van der Waals surface area contributed by atoms with Crippen molar-refractivity contribution in [2.75, 3.05) is 0 Å². The third-order valence-electron chi connectivity index (χ3n) is 2.70. The third kappa shape index (κ3) is 1.90. The third-order valence-corrected chi connectivity index (χ3v) is 3.04. The van der Waals surface area contributed by atoms with E-state index in [0.29, 0.717) is 11.3 Å². The quantitative estimate of drug-likeness (QED) is 0.570. The predicted molar refractivity (Wildman–Crippen MR) is 53.8 cm³/mol. The molecule has 0 fully saturated rings. The van der Waals surface area contributed by atoms with Crippen molar-refractivity contribution in [2.24, 2.45) is 11.3 Å². The van der Waals surface area contributed by atoms with Crippen LogP contribution in [0.3, 0.4) is 0 Å². The molecule has 62 valence electrons. The molecule has 0 spiro atoms. The summed E-state index contributed by atoms with van der Waals surface area (Å²) < 4.78 is 0. The molecule has 0 aromatic carbocycles. The molecular weight excluding hydrogens is 152 g/mol. The Kier molecular flexibility index (Phi) is 2.48. The number of hydrogen-bond donors (Lipinski definition) is 1. The molecule has 0 saturated heterocycles. The molecule has 1 heteroatoms. The minimum atomic E-state index is 0.353. The zero-order chi connectivity index (χ0) is 8.48. The minimum Gasteiger partial charge on any atom is -0.144 e. The minimum absolute atomic E-state index is 0.353. The zero-order valence-corrected chi connectivity index (χ0v) is 8.36. The Morgan fingerprint density at radius 2 is 2.18 bits per heavy atom. The van der Waals surface area contributed by atoms with Crippen LogP contribution in [0.4, 0.5) is 0 Å². The molecule has 0 bridgehead atoms. The summed E-state index contributed by atoms with van der Waals surface area (Å²) in [7, 11) is 0. The molecule has 0 heterocycles. The zero-order valence-electron chi connectivity index (χ0n) is 7.46. The van der Waals surface area contributed by atoms with Gasteiger partial charge in [0.1, 0.15) is 0 Å². The summed E-state index contributed by atoms with van der Waals surface area (Å²) in [6.45, 7) is 6.83. The van der Waals surface area contributed by atoms with Gasteiger partial charge in [0.25, 0.3) is 0 Å². The van der Waals surface area contributed by atoms with E-state index >= 15 is 0 Å². The molecule has 0 aromatic heterocycles. The van der Waals surface area contributed by atoms with Gasteiger partial charge in [0, 0.05) is 0 Å². The van der Waals surface area contributed by atoms with Crippen molar-refractivity contribution < 1.29 is 0 Å². The van der Waals surface area contributed by atoms with Crippen molar-refractivity contribution >= 4 is 12.6 Å². The van der Waals surface area contributed by atoms with E-state index < -0.39 is 0 Å². The molecule has 0 aliphatic heterocycles. The van der Waals surface area contributed by atoms with Crippen LogP contribution in [0.15, 0.2) is 23.1 Å². The van der Waals surface area contributed by atoms with E-state index in [1.54, 1.807) is 0 Å². The lowest BCUT2D eigenvalue weighted by atomic mass is 9.74. The molecule has 0 radical (unpaired) electrons. The van der Waals surface area contributed by atoms with Gasteiger partial charge >= 0.3 is 0 Å². The smallest absolute Gasteiger partial charge is 0.000264 e. The van der Waals surface area contributed by atoms with Crippen molar-refractivity contribution in [1.29, 1.82) is 0 Å². The van der Waals surface area contributed by atoms with Crippen molar-refractivity contribution in [1.82, 2.24) is 0 Å². The molecule has 0 nitrogen and oxygen atoms in total. The van der Waals surface area contributed by atoms with Crippen LogP contribution in [0.1, 0.15) is 27.2 Å². The second kappa shape index (κ2) is 3.06. The second-order valence-corrected chi connectivity index (χ2v) is 4.34. The van der Waals surface area contributed by atoms with Gasteiger partial charge in [-0.2, -0.15) is 0 Å². The van der Waals surface area contributed by atoms with Crippen LogP contribution < -0.4 is 0 Å². The van der Waals surface area contributed by atoms with Crippen molar-refractivity contribution in [3.8, 4) is 0 Å². The molecule has 1 rings (SSSR count). The number of rotatable bonds is 1. The topological polar surface area (TPSA) is 0 Å². The predicted octanol–water partition coefficient (Wildman–Crippen LogP) is 3.42. The highest BCUT2D eigenvalue weighted by Crippen LogP contribution is 2.36. The van der Waals surface area contributed by atoms with Gasteiger partial charge in [0.2, 0.25) is 0 Å². The van der Waals surface area contributed by atoms with Gasteiger partial charge in [-0.15, -0.1) is 12.6 Å². The van der Waals surface area contributed by atoms with Crippen molar-refractivity contribution in [3.05, 3.63) is 23.1 Å². The first kappa shape index (κ1) is 8.92. The fourth-order valence-corrected chi connectivity index (χ4v) is 1.33. The van der Waals surface area contributed by atoms with Crippen LogP contribution in [0.2, 0.25) is 0 Å². The average Bonchev–Trinajstić information content (AvgIpc) is 1.95. The van der Waals surface area contributed by atoms with E-state index in [4.69, 9.17) is 0 Å². The molecule has 11 heavy (non-hydrogen) atoms. The first-order valence-electron chi connectivity index (χ1n) is 4.13. The largest absolute Gasteiger partial charge is 0.144 e. The summed E-state index contributed by atoms with van der Waals surface area (Å²) in [6, 6.07) is 0. The van der Waals surface area contributed by atoms with Crippen LogP contribution in [-0.2, 0) is 0 Å². The van der Waals surface area contributed by atoms with Crippen LogP contribution in [-0.4, -0.2) is 0 Å². The van der Waals surface area contributed by atoms with Gasteiger partial charge < -0.3 is 0 Å². The normalized spacial score (nSPS) is 30.8. The SMILES string of the molecule is CC(C)C1(C)C=CC(S)=CC1. The van der Waals surface area contributed by atoms with Gasteiger partial charge in [0.15, 0.2) is 0 Å². The molecule has 0 aromatic rings. The van der Waals surface area contributed by atoms with Crippen molar-refractivity contribution in [2.45, 2.75) is 27.2 Å². The highest BCUT2D eigenvalue weighted by Gasteiger charge is 2.25. The van der Waals surface area contributed by atoms with Gasteiger partial charge in [0.05, 0.1) is 0 Å². The fraction of sp³-hybridized carbons (Fsp3) is 0.600. The van der Waals surface area contributed by atoms with E-state index in [-0.39, 0.29) is 0 Å². The Morgan fingerprint density at radius 1 is 1.55 bits per heavy atom. The lowest BCUT2D eigenvalue weighted by Gasteiger charge is -2.31. The summed E-state index contributed by atoms with van der Waals surface area (Å²) in [5.74, 6) is 0.705. The van der Waals surface area contributed by atoms with Gasteiger partial charge in [-0.05, 0) is 22.7 Å². The standard InChI is InChI=1S/C10H16S/c1-8(2)10(3)6-4-9(11)5-7-10/h4-6,8,11H,7H2,1-3H3. The molecule has 1 aliphatic carbocycles. The van der Waals surface area contributed by atoms with E-state index in [2.05, 4.69) is 51.6 Å². The Labute approximate surface area is 74.8 Å². The summed E-state index contributed by atoms with van der Waals surface area (Å²) in [6.07, 6.45) is 7.70. The van der Waals surface area contributed by atoms with Gasteiger partial charge in [-0.25, -0.2) is 0 Å². The van der Waals surface area contributed by atoms with Crippen LogP contribution in [0.5, 0.6) is 0 Å². The number of thiol groups is 1. The molecular formula is C10H16S. The molecule has 1 aliphatic rings. The Hall–Kier alpha value is -0.170. The maximum atomic E-state index is 4.28. The first-order chi connectivity index (χ1) is 5.04. The Balaban J connectivity index is 2.74. The summed E-state index contributed by atoms with van der Waals surface area (Å²) in [4.78, 5) is 1.10. The first-order valence-corrected chi connectivity index (χ1v) is 4.58. The Morgan fingerprint density at radius 3 is 2.55 bits per heavy atom. The number of allylic oxidation sites excluding steroid dienone is 3. The van der Waals surface area contributed by atoms with Gasteiger partial charge in [-0.3, -0.25) is 0 Å². The maximum Gasteiger partial charge on any atom is -0.000264 e. The summed E-state index contributed by atoms with van der Waals surface area (Å²) in [5.41, 5.74) is 0.353. The monoisotopic (exact) mass is 168 g/mol. The average molecular weight is 168 g/mol. The lowest BCUT2D eigenvalue weighted by molar-refractivity contribution is 0.299.